The summed E-state index contributed by atoms with van der Waals surface area (Å²) in [5.74, 6) is -0.689. The Hall–Kier alpha value is -3.39. The highest BCUT2D eigenvalue weighted by Crippen LogP contribution is 2.32. The Morgan fingerprint density at radius 1 is 1.05 bits per heavy atom. The second kappa shape index (κ2) is 11.2. The fourth-order valence-electron chi connectivity index (χ4n) is 5.42. The lowest BCUT2D eigenvalue weighted by Crippen LogP contribution is -2.62. The zero-order valence-corrected chi connectivity index (χ0v) is 23.0. The number of nitrogens with zero attached hydrogens (tertiary/aromatic N) is 1. The minimum absolute atomic E-state index is 0.111. The third-order valence-electron chi connectivity index (χ3n) is 7.82. The molecule has 1 heterocycles. The predicted molar refractivity (Wildman–Crippen MR) is 146 cm³/mol. The van der Waals surface area contributed by atoms with Gasteiger partial charge in [0.1, 0.15) is 17.8 Å². The maximum atomic E-state index is 14.1. The highest BCUT2D eigenvalue weighted by atomic mass is 16.3. The van der Waals surface area contributed by atoms with Crippen molar-refractivity contribution in [2.75, 3.05) is 7.05 Å². The average Bonchev–Trinajstić information content (AvgIpc) is 2.89. The summed E-state index contributed by atoms with van der Waals surface area (Å²) in [6.07, 6.45) is 3.15. The van der Waals surface area contributed by atoms with Crippen LogP contribution in [0.25, 0.3) is 0 Å². The van der Waals surface area contributed by atoms with Gasteiger partial charge in [0.15, 0.2) is 0 Å². The molecule has 204 valence electrons. The molecule has 2 aromatic carbocycles. The zero-order chi connectivity index (χ0) is 27.6. The van der Waals surface area contributed by atoms with E-state index in [1.54, 1.807) is 31.0 Å². The smallest absolute Gasteiger partial charge is 0.246 e. The topological polar surface area (TPSA) is 111 Å². The molecular formula is C30H40N4O4. The molecule has 0 saturated heterocycles. The lowest BCUT2D eigenvalue weighted by molar-refractivity contribution is -0.147. The van der Waals surface area contributed by atoms with Crippen molar-refractivity contribution in [1.29, 1.82) is 0 Å². The number of phenolic OH excluding ortho intramolecular Hbond substituents is 1. The fraction of sp³-hybridized carbons (Fsp3) is 0.500. The number of hydrogen-bond acceptors (Lipinski definition) is 5. The lowest BCUT2D eigenvalue weighted by Gasteiger charge is -2.41. The molecule has 0 unspecified atom stereocenters. The third-order valence-corrected chi connectivity index (χ3v) is 7.82. The zero-order valence-electron chi connectivity index (χ0n) is 23.0. The van der Waals surface area contributed by atoms with Crippen LogP contribution < -0.4 is 16.0 Å². The van der Waals surface area contributed by atoms with Gasteiger partial charge in [-0.2, -0.15) is 0 Å². The summed E-state index contributed by atoms with van der Waals surface area (Å²) in [5, 5.41) is 19.2. The summed E-state index contributed by atoms with van der Waals surface area (Å²) in [7, 11) is 1.69. The van der Waals surface area contributed by atoms with Crippen molar-refractivity contribution in [3.8, 4) is 5.75 Å². The third kappa shape index (κ3) is 5.85. The first kappa shape index (κ1) is 27.6. The van der Waals surface area contributed by atoms with Crippen molar-refractivity contribution < 1.29 is 19.5 Å². The maximum Gasteiger partial charge on any atom is 0.246 e. The molecule has 4 atom stereocenters. The van der Waals surface area contributed by atoms with E-state index in [9.17, 15) is 19.5 Å². The highest BCUT2D eigenvalue weighted by Gasteiger charge is 2.42. The number of likely N-dealkylation sites (N-methyl/N-ethyl adjacent to an activating group) is 1. The molecule has 0 saturated carbocycles. The number of rotatable bonds is 6. The molecule has 0 spiro atoms. The van der Waals surface area contributed by atoms with E-state index in [0.717, 1.165) is 36.0 Å². The Kier molecular flexibility index (Phi) is 8.11. The van der Waals surface area contributed by atoms with Gasteiger partial charge in [-0.1, -0.05) is 51.1 Å². The maximum absolute atomic E-state index is 14.1. The Bertz CT molecular complexity index is 1200. The largest absolute Gasteiger partial charge is 0.508 e. The fourth-order valence-corrected chi connectivity index (χ4v) is 5.42. The summed E-state index contributed by atoms with van der Waals surface area (Å²) in [6.45, 7) is 7.61. The molecular weight excluding hydrogens is 480 g/mol. The Balaban J connectivity index is 1.65. The van der Waals surface area contributed by atoms with Gasteiger partial charge in [0.2, 0.25) is 17.7 Å². The molecule has 4 rings (SSSR count). The summed E-state index contributed by atoms with van der Waals surface area (Å²) in [5.41, 5.74) is 3.51. The van der Waals surface area contributed by atoms with Gasteiger partial charge in [0.25, 0.3) is 0 Å². The minimum Gasteiger partial charge on any atom is -0.508 e. The van der Waals surface area contributed by atoms with Gasteiger partial charge in [-0.25, -0.2) is 0 Å². The van der Waals surface area contributed by atoms with Gasteiger partial charge in [-0.05, 0) is 73.0 Å². The Labute approximate surface area is 225 Å². The average molecular weight is 521 g/mol. The highest BCUT2D eigenvalue weighted by molar-refractivity contribution is 5.94. The van der Waals surface area contributed by atoms with E-state index in [1.807, 2.05) is 39.0 Å². The number of phenols is 1. The number of fused-ring (bicyclic) bond motifs is 2. The monoisotopic (exact) mass is 520 g/mol. The van der Waals surface area contributed by atoms with Crippen LogP contribution in [0.1, 0.15) is 68.8 Å². The van der Waals surface area contributed by atoms with E-state index >= 15 is 0 Å². The van der Waals surface area contributed by atoms with Gasteiger partial charge < -0.3 is 26.0 Å². The van der Waals surface area contributed by atoms with Gasteiger partial charge in [0, 0.05) is 13.0 Å². The molecule has 0 bridgehead atoms. The number of carbonyl (C=O) groups is 3. The van der Waals surface area contributed by atoms with E-state index < -0.39 is 23.5 Å². The molecule has 0 aromatic heterocycles. The second-order valence-electron chi connectivity index (χ2n) is 11.6. The number of hydrogen-bond donors (Lipinski definition) is 4. The van der Waals surface area contributed by atoms with Crippen LogP contribution >= 0.6 is 0 Å². The quantitative estimate of drug-likeness (QED) is 0.468. The Morgan fingerprint density at radius 3 is 2.50 bits per heavy atom. The van der Waals surface area contributed by atoms with Crippen LogP contribution in [0.4, 0.5) is 0 Å². The number of nitrogens with one attached hydrogen (secondary N) is 3. The summed E-state index contributed by atoms with van der Waals surface area (Å²) in [6, 6.07) is 11.1. The minimum atomic E-state index is -0.838. The molecule has 0 fully saturated rings. The first-order valence-corrected chi connectivity index (χ1v) is 13.5. The van der Waals surface area contributed by atoms with E-state index in [0.29, 0.717) is 6.42 Å². The van der Waals surface area contributed by atoms with Crippen molar-refractivity contribution >= 4 is 17.7 Å². The SMILES string of the molecule is CN[C@@H](C)C(=O)N[C@H](C(=O)N1Cc2cc(O)ccc2C[C@H]1C(=O)N[C@@H]1CCCc2ccccc21)C(C)(C)C. The van der Waals surface area contributed by atoms with Crippen molar-refractivity contribution in [2.24, 2.45) is 5.41 Å². The van der Waals surface area contributed by atoms with Gasteiger partial charge in [-0.3, -0.25) is 14.4 Å². The van der Waals surface area contributed by atoms with Gasteiger partial charge in [-0.15, -0.1) is 0 Å². The standard InChI is InChI=1S/C30H40N4O4/c1-18(31-5)27(36)33-26(30(2,3)4)29(38)34-17-21-15-22(35)14-13-20(21)16-25(34)28(37)32-24-12-8-10-19-9-6-7-11-23(19)24/h6-7,9,11,13-15,18,24-26,31,35H,8,10,12,16-17H2,1-5H3,(H,32,37)(H,33,36)/t18-,24+,25-,26+/m0/s1. The number of aryl methyl sites for hydroxylation is 1. The van der Waals surface area contributed by atoms with Crippen molar-refractivity contribution in [3.63, 3.8) is 0 Å². The van der Waals surface area contributed by atoms with E-state index in [-0.39, 0.29) is 36.1 Å². The predicted octanol–water partition coefficient (Wildman–Crippen LogP) is 2.98. The molecule has 2 aromatic rings. The van der Waals surface area contributed by atoms with Crippen LogP contribution in [0.3, 0.4) is 0 Å². The molecule has 8 nitrogen and oxygen atoms in total. The van der Waals surface area contributed by atoms with Gasteiger partial charge >= 0.3 is 0 Å². The molecule has 1 aliphatic heterocycles. The van der Waals surface area contributed by atoms with E-state index in [2.05, 4.69) is 28.1 Å². The molecule has 4 N–H and O–H groups in total. The number of carbonyl (C=O) groups excluding carboxylic acids is 3. The molecule has 2 aliphatic rings. The van der Waals surface area contributed by atoms with E-state index in [4.69, 9.17) is 0 Å². The van der Waals surface area contributed by atoms with Crippen molar-refractivity contribution in [1.82, 2.24) is 20.9 Å². The Morgan fingerprint density at radius 2 is 1.79 bits per heavy atom. The van der Waals surface area contributed by atoms with Crippen molar-refractivity contribution in [2.45, 2.75) is 84.1 Å². The number of amides is 3. The summed E-state index contributed by atoms with van der Waals surface area (Å²) >= 11 is 0. The summed E-state index contributed by atoms with van der Waals surface area (Å²) in [4.78, 5) is 42.4. The normalized spacial score (nSPS) is 20.5. The molecule has 38 heavy (non-hydrogen) atoms. The summed E-state index contributed by atoms with van der Waals surface area (Å²) < 4.78 is 0. The first-order chi connectivity index (χ1) is 18.0. The molecule has 8 heteroatoms. The lowest BCUT2D eigenvalue weighted by atomic mass is 9.83. The molecule has 0 radical (unpaired) electrons. The van der Waals surface area contributed by atoms with E-state index in [1.165, 1.54) is 5.56 Å². The molecule has 1 aliphatic carbocycles. The van der Waals surface area contributed by atoms with Crippen LogP contribution in [0.15, 0.2) is 42.5 Å². The van der Waals surface area contributed by atoms with Crippen LogP contribution in [-0.4, -0.2) is 52.9 Å². The van der Waals surface area contributed by atoms with Crippen LogP contribution in [-0.2, 0) is 33.8 Å². The van der Waals surface area contributed by atoms with Crippen LogP contribution in [0.2, 0.25) is 0 Å². The van der Waals surface area contributed by atoms with Crippen LogP contribution in [0.5, 0.6) is 5.75 Å². The first-order valence-electron chi connectivity index (χ1n) is 13.5. The van der Waals surface area contributed by atoms with Gasteiger partial charge in [0.05, 0.1) is 12.1 Å². The van der Waals surface area contributed by atoms with Crippen LogP contribution in [0, 0.1) is 5.41 Å². The number of benzene rings is 2. The molecule has 3 amide bonds. The second-order valence-corrected chi connectivity index (χ2v) is 11.6. The number of aromatic hydroxyl groups is 1. The van der Waals surface area contributed by atoms with Crippen molar-refractivity contribution in [3.05, 3.63) is 64.7 Å².